The van der Waals surface area contributed by atoms with Gasteiger partial charge in [0.2, 0.25) is 0 Å². The van der Waals surface area contributed by atoms with Gasteiger partial charge in [-0.1, -0.05) is 13.0 Å². The Labute approximate surface area is 181 Å². The second kappa shape index (κ2) is 8.57. The molecule has 7 heteroatoms. The third-order valence-corrected chi connectivity index (χ3v) is 7.30. The van der Waals surface area contributed by atoms with E-state index >= 15 is 0 Å². The molecule has 6 nitrogen and oxygen atoms in total. The van der Waals surface area contributed by atoms with Gasteiger partial charge in [-0.05, 0) is 42.4 Å². The number of aryl methyl sites for hydroxylation is 1. The monoisotopic (exact) mass is 423 g/mol. The van der Waals surface area contributed by atoms with Gasteiger partial charge in [0, 0.05) is 44.0 Å². The molecule has 3 aromatic rings. The van der Waals surface area contributed by atoms with E-state index in [0.717, 1.165) is 68.2 Å². The Bertz CT molecular complexity index is 1020. The summed E-state index contributed by atoms with van der Waals surface area (Å²) in [5, 5.41) is 1.28. The van der Waals surface area contributed by atoms with E-state index < -0.39 is 0 Å². The second-order valence-corrected chi connectivity index (χ2v) is 9.68. The van der Waals surface area contributed by atoms with Crippen molar-refractivity contribution in [1.29, 1.82) is 0 Å². The number of hydrogen-bond acceptors (Lipinski definition) is 7. The summed E-state index contributed by atoms with van der Waals surface area (Å²) in [7, 11) is 2.14. The minimum atomic E-state index is 0.753. The van der Waals surface area contributed by atoms with Gasteiger partial charge in [0.25, 0.3) is 0 Å². The number of thiophene rings is 1. The standard InChI is InChI=1S/C23H29N5OS/c1-16-5-6-18-19(12-16)30-23-21(18)22(27(2)14-17-4-3-7-24-13-17)25-20(26-23)15-28-8-10-29-11-9-28/h3-4,7,13,16H,5-6,8-12,14-15H2,1-2H3/t16-/m0/s1. The number of ether oxygens (including phenoxy) is 1. The van der Waals surface area contributed by atoms with Crippen LogP contribution in [0.4, 0.5) is 5.82 Å². The summed E-state index contributed by atoms with van der Waals surface area (Å²) < 4.78 is 5.51. The molecule has 4 heterocycles. The fourth-order valence-corrected chi connectivity index (χ4v) is 5.91. The van der Waals surface area contributed by atoms with Gasteiger partial charge in [0.15, 0.2) is 0 Å². The molecule has 0 amide bonds. The quantitative estimate of drug-likeness (QED) is 0.624. The highest BCUT2D eigenvalue weighted by Gasteiger charge is 2.25. The van der Waals surface area contributed by atoms with E-state index in [0.29, 0.717) is 0 Å². The molecule has 0 unspecified atom stereocenters. The molecule has 1 aliphatic carbocycles. The molecule has 0 N–H and O–H groups in total. The number of pyridine rings is 1. The van der Waals surface area contributed by atoms with Crippen LogP contribution in [0, 0.1) is 5.92 Å². The van der Waals surface area contributed by atoms with E-state index in [1.54, 1.807) is 0 Å². The highest BCUT2D eigenvalue weighted by Crippen LogP contribution is 2.41. The van der Waals surface area contributed by atoms with Crippen LogP contribution in [-0.4, -0.2) is 53.2 Å². The number of hydrogen-bond donors (Lipinski definition) is 0. The van der Waals surface area contributed by atoms with Crippen LogP contribution >= 0.6 is 11.3 Å². The Hall–Kier alpha value is -2.09. The number of aromatic nitrogens is 3. The second-order valence-electron chi connectivity index (χ2n) is 8.60. The summed E-state index contributed by atoms with van der Waals surface area (Å²) in [5.41, 5.74) is 2.68. The Balaban J connectivity index is 1.54. The van der Waals surface area contributed by atoms with E-state index in [1.165, 1.54) is 34.2 Å². The Morgan fingerprint density at radius 2 is 2.13 bits per heavy atom. The third kappa shape index (κ3) is 4.06. The zero-order valence-corrected chi connectivity index (χ0v) is 18.6. The Morgan fingerprint density at radius 3 is 2.93 bits per heavy atom. The summed E-state index contributed by atoms with van der Waals surface area (Å²) in [6.45, 7) is 7.41. The van der Waals surface area contributed by atoms with Crippen molar-refractivity contribution < 1.29 is 4.74 Å². The molecule has 30 heavy (non-hydrogen) atoms. The van der Waals surface area contributed by atoms with Crippen LogP contribution in [-0.2, 0) is 30.7 Å². The van der Waals surface area contributed by atoms with E-state index in [9.17, 15) is 0 Å². The van der Waals surface area contributed by atoms with Crippen molar-refractivity contribution in [1.82, 2.24) is 19.9 Å². The molecule has 158 valence electrons. The van der Waals surface area contributed by atoms with Gasteiger partial charge in [0.05, 0.1) is 25.1 Å². The van der Waals surface area contributed by atoms with Gasteiger partial charge in [-0.3, -0.25) is 9.88 Å². The van der Waals surface area contributed by atoms with Crippen molar-refractivity contribution in [2.75, 3.05) is 38.3 Å². The number of anilines is 1. The maximum absolute atomic E-state index is 5.51. The fraction of sp³-hybridized carbons (Fsp3) is 0.522. The molecule has 1 aliphatic heterocycles. The zero-order valence-electron chi connectivity index (χ0n) is 17.8. The lowest BCUT2D eigenvalue weighted by Gasteiger charge is -2.26. The normalized spacial score (nSPS) is 19.7. The van der Waals surface area contributed by atoms with Crippen LogP contribution in [0.2, 0.25) is 0 Å². The summed E-state index contributed by atoms with van der Waals surface area (Å²) in [4.78, 5) is 21.8. The molecule has 0 aromatic carbocycles. The minimum Gasteiger partial charge on any atom is -0.379 e. The summed E-state index contributed by atoms with van der Waals surface area (Å²) in [5.74, 6) is 2.74. The molecule has 0 spiro atoms. The van der Waals surface area contributed by atoms with E-state index in [2.05, 4.69) is 34.8 Å². The maximum Gasteiger partial charge on any atom is 0.146 e. The fourth-order valence-electron chi connectivity index (χ4n) is 4.51. The number of nitrogens with zero attached hydrogens (tertiary/aromatic N) is 5. The molecule has 1 saturated heterocycles. The third-order valence-electron chi connectivity index (χ3n) is 6.16. The minimum absolute atomic E-state index is 0.753. The van der Waals surface area contributed by atoms with Gasteiger partial charge >= 0.3 is 0 Å². The van der Waals surface area contributed by atoms with E-state index in [4.69, 9.17) is 14.7 Å². The summed E-state index contributed by atoms with van der Waals surface area (Å²) >= 11 is 1.88. The molecule has 0 radical (unpaired) electrons. The SMILES string of the molecule is C[C@H]1CCc2c(sc3nc(CN4CCOCC4)nc(N(C)Cc4cccnc4)c23)C1. The van der Waals surface area contributed by atoms with Crippen LogP contribution in [0.3, 0.4) is 0 Å². The van der Waals surface area contributed by atoms with E-state index in [1.807, 2.05) is 29.8 Å². The topological polar surface area (TPSA) is 54.4 Å². The zero-order chi connectivity index (χ0) is 20.5. The van der Waals surface area contributed by atoms with Crippen molar-refractivity contribution in [3.05, 3.63) is 46.4 Å². The molecule has 2 aliphatic rings. The molecule has 3 aromatic heterocycles. The molecule has 0 bridgehead atoms. The molecule has 1 atom stereocenters. The first-order chi connectivity index (χ1) is 14.7. The average molecular weight is 424 g/mol. The Kier molecular flexibility index (Phi) is 5.67. The highest BCUT2D eigenvalue weighted by molar-refractivity contribution is 7.19. The Morgan fingerprint density at radius 1 is 1.27 bits per heavy atom. The average Bonchev–Trinajstić information content (AvgIpc) is 3.11. The van der Waals surface area contributed by atoms with Gasteiger partial charge in [0.1, 0.15) is 16.5 Å². The van der Waals surface area contributed by atoms with Gasteiger partial charge in [-0.2, -0.15) is 0 Å². The van der Waals surface area contributed by atoms with Crippen LogP contribution in [0.25, 0.3) is 10.2 Å². The van der Waals surface area contributed by atoms with Gasteiger partial charge in [-0.15, -0.1) is 11.3 Å². The first-order valence-corrected chi connectivity index (χ1v) is 11.7. The maximum atomic E-state index is 5.51. The van der Waals surface area contributed by atoms with Crippen LogP contribution < -0.4 is 4.90 Å². The van der Waals surface area contributed by atoms with Crippen LogP contribution in [0.15, 0.2) is 24.5 Å². The molecule has 1 fully saturated rings. The predicted octanol–water partition coefficient (Wildman–Crippen LogP) is 3.68. The smallest absolute Gasteiger partial charge is 0.146 e. The summed E-state index contributed by atoms with van der Waals surface area (Å²) in [6.07, 6.45) is 7.31. The summed E-state index contributed by atoms with van der Waals surface area (Å²) in [6, 6.07) is 4.12. The van der Waals surface area contributed by atoms with Crippen molar-refractivity contribution >= 4 is 27.4 Å². The van der Waals surface area contributed by atoms with Crippen molar-refractivity contribution in [3.8, 4) is 0 Å². The van der Waals surface area contributed by atoms with Crippen molar-refractivity contribution in [3.63, 3.8) is 0 Å². The van der Waals surface area contributed by atoms with Crippen molar-refractivity contribution in [2.45, 2.75) is 39.3 Å². The number of fused-ring (bicyclic) bond motifs is 3. The van der Waals surface area contributed by atoms with Crippen molar-refractivity contribution in [2.24, 2.45) is 5.92 Å². The van der Waals surface area contributed by atoms with Crippen LogP contribution in [0.1, 0.15) is 35.2 Å². The lowest BCUT2D eigenvalue weighted by atomic mass is 9.89. The lowest BCUT2D eigenvalue weighted by molar-refractivity contribution is 0.0331. The molecular formula is C23H29N5OS. The first-order valence-electron chi connectivity index (χ1n) is 10.9. The molecular weight excluding hydrogens is 394 g/mol. The lowest BCUT2D eigenvalue weighted by Crippen LogP contribution is -2.36. The number of morpholine rings is 1. The molecule has 5 rings (SSSR count). The highest BCUT2D eigenvalue weighted by atomic mass is 32.1. The predicted molar refractivity (Wildman–Crippen MR) is 121 cm³/mol. The van der Waals surface area contributed by atoms with Gasteiger partial charge in [-0.25, -0.2) is 9.97 Å². The van der Waals surface area contributed by atoms with Crippen LogP contribution in [0.5, 0.6) is 0 Å². The van der Waals surface area contributed by atoms with Gasteiger partial charge < -0.3 is 9.64 Å². The first kappa shape index (κ1) is 19.8. The molecule has 0 saturated carbocycles. The van der Waals surface area contributed by atoms with E-state index in [-0.39, 0.29) is 0 Å². The largest absolute Gasteiger partial charge is 0.379 e. The number of rotatable bonds is 5.